The van der Waals surface area contributed by atoms with Crippen molar-refractivity contribution in [3.8, 4) is 0 Å². The number of methoxy groups -OCH3 is 3. The van der Waals surface area contributed by atoms with Crippen LogP contribution in [0.5, 0.6) is 0 Å². The minimum Gasteiger partial charge on any atom is -0.445 e. The molecule has 1 saturated heterocycles. The number of carbonyl (C=O) groups excluding carboxylic acids is 12. The van der Waals surface area contributed by atoms with Gasteiger partial charge in [-0.15, -0.1) is 0 Å². The number of aliphatic hydroxyl groups is 1. The number of ketones is 1. The lowest BCUT2D eigenvalue weighted by molar-refractivity contribution is -0.148. The summed E-state index contributed by atoms with van der Waals surface area (Å²) in [6.45, 7) is 21.4. The van der Waals surface area contributed by atoms with Crippen LogP contribution in [-0.4, -0.2) is 241 Å². The molecular weight excluding hydrogens is 1660 g/mol. The summed E-state index contributed by atoms with van der Waals surface area (Å²) in [6, 6.07) is 23.2. The molecule has 5 aromatic rings. The van der Waals surface area contributed by atoms with E-state index in [9.17, 15) is 79.5 Å². The fourth-order valence-electron chi connectivity index (χ4n) is 15.3. The second-order valence-electron chi connectivity index (χ2n) is 33.5. The monoisotopic (exact) mass is 1790 g/mol. The number of hydrogen-bond acceptors (Lipinski definition) is 21. The summed E-state index contributed by atoms with van der Waals surface area (Å²) < 4.78 is 78.0. The Morgan fingerprint density at radius 2 is 1.17 bits per heavy atom. The molecular formula is C91H130N12O21S2. The van der Waals surface area contributed by atoms with Gasteiger partial charge in [-0.05, 0) is 136 Å². The molecule has 1 aliphatic rings. The largest absolute Gasteiger partial charge is 0.445 e. The Morgan fingerprint density at radius 3 is 1.70 bits per heavy atom. The number of primary amides is 1. The highest BCUT2D eigenvalue weighted by atomic mass is 32.2. The van der Waals surface area contributed by atoms with Crippen molar-refractivity contribution in [3.05, 3.63) is 161 Å². The topological polar surface area (TPSA) is 462 Å². The fraction of sp³-hybridized carbons (Fsp3) is 0.538. The maximum absolute atomic E-state index is 14.9. The number of likely N-dealkylation sites (N-methyl/N-ethyl adjacent to an activating group) is 2. The van der Waals surface area contributed by atoms with Gasteiger partial charge in [0.05, 0.1) is 82.6 Å². The van der Waals surface area contributed by atoms with Crippen molar-refractivity contribution < 1.29 is 98.4 Å². The van der Waals surface area contributed by atoms with Gasteiger partial charge in [0.1, 0.15) is 36.8 Å². The van der Waals surface area contributed by atoms with Crippen molar-refractivity contribution in [1.82, 2.24) is 51.9 Å². The number of amides is 12. The average molecular weight is 1790 g/mol. The number of hydrogen-bond donors (Lipinski definition) is 10. The molecule has 1 unspecified atom stereocenters. The highest BCUT2D eigenvalue weighted by molar-refractivity contribution is 7.92. The maximum Gasteiger partial charge on any atom is 0.410 e. The Labute approximate surface area is 740 Å². The summed E-state index contributed by atoms with van der Waals surface area (Å²) in [5.41, 5.74) is 8.05. The first-order valence-electron chi connectivity index (χ1n) is 42.7. The Balaban J connectivity index is 1.07. The van der Waals surface area contributed by atoms with Crippen molar-refractivity contribution >= 4 is 96.4 Å². The zero-order valence-electron chi connectivity index (χ0n) is 75.4. The van der Waals surface area contributed by atoms with E-state index in [1.807, 2.05) is 19.9 Å². The van der Waals surface area contributed by atoms with Crippen molar-refractivity contribution in [3.63, 3.8) is 0 Å². The van der Waals surface area contributed by atoms with Gasteiger partial charge in [-0.3, -0.25) is 52.8 Å². The number of sulfone groups is 2. The van der Waals surface area contributed by atoms with Crippen LogP contribution < -0.4 is 48.3 Å². The molecule has 11 N–H and O–H groups in total. The van der Waals surface area contributed by atoms with Crippen LogP contribution in [0.1, 0.15) is 170 Å². The zero-order valence-corrected chi connectivity index (χ0v) is 77.0. The van der Waals surface area contributed by atoms with Gasteiger partial charge in [0.2, 0.25) is 47.3 Å². The molecule has 0 spiro atoms. The molecule has 1 heterocycles. The van der Waals surface area contributed by atoms with Gasteiger partial charge in [-0.1, -0.05) is 159 Å². The number of carbonyl (C=O) groups is 12. The predicted octanol–water partition coefficient (Wildman–Crippen LogP) is 7.30. The first-order chi connectivity index (χ1) is 59.5. The van der Waals surface area contributed by atoms with E-state index in [1.165, 1.54) is 93.9 Å². The molecule has 12 amide bonds. The van der Waals surface area contributed by atoms with Gasteiger partial charge in [-0.2, -0.15) is 0 Å². The number of aliphatic hydroxyl groups excluding tert-OH is 1. The Morgan fingerprint density at radius 1 is 0.595 bits per heavy atom. The highest BCUT2D eigenvalue weighted by Crippen LogP contribution is 2.32. The average Bonchev–Trinajstić information content (AvgIpc) is 1.00. The summed E-state index contributed by atoms with van der Waals surface area (Å²) in [6.07, 6.45) is -2.29. The number of likely N-dealkylation sites (tertiary alicyclic amines) is 1. The molecule has 5 aromatic carbocycles. The van der Waals surface area contributed by atoms with Crippen LogP contribution in [0.4, 0.5) is 15.3 Å². The van der Waals surface area contributed by atoms with E-state index in [0.29, 0.717) is 36.9 Å². The number of nitrogens with one attached hydrogen (secondary N) is 8. The Bertz CT molecular complexity index is 4640. The molecule has 0 bridgehead atoms. The molecule has 0 saturated carbocycles. The normalized spacial score (nSPS) is 15.8. The van der Waals surface area contributed by atoms with Crippen LogP contribution in [-0.2, 0) is 83.6 Å². The number of Topliss-reactive ketones (excluding diaryl/α,β-unsaturated/α-hetero) is 1. The van der Waals surface area contributed by atoms with Gasteiger partial charge in [0, 0.05) is 78.3 Å². The van der Waals surface area contributed by atoms with E-state index in [1.54, 1.807) is 142 Å². The number of urea groups is 1. The van der Waals surface area contributed by atoms with Gasteiger partial charge in [-0.25, -0.2) is 26.4 Å². The van der Waals surface area contributed by atoms with Gasteiger partial charge >= 0.3 is 12.1 Å². The lowest BCUT2D eigenvalue weighted by Crippen LogP contribution is -2.60. The lowest BCUT2D eigenvalue weighted by atomic mass is 9.89. The third-order valence-electron chi connectivity index (χ3n) is 22.8. The number of ether oxygens (including phenoxy) is 4. The van der Waals surface area contributed by atoms with E-state index in [-0.39, 0.29) is 96.3 Å². The van der Waals surface area contributed by atoms with Crippen LogP contribution in [0.15, 0.2) is 137 Å². The number of nitrogens with two attached hydrogens (primary N) is 1. The van der Waals surface area contributed by atoms with E-state index in [2.05, 4.69) is 42.5 Å². The molecule has 1 fully saturated rings. The second-order valence-corrected chi connectivity index (χ2v) is 37.5. The van der Waals surface area contributed by atoms with E-state index in [4.69, 9.17) is 24.7 Å². The van der Waals surface area contributed by atoms with Gasteiger partial charge < -0.3 is 82.1 Å². The minimum atomic E-state index is -4.23. The second kappa shape index (κ2) is 49.4. The van der Waals surface area contributed by atoms with Crippen LogP contribution in [0.2, 0.25) is 0 Å². The highest BCUT2D eigenvalue weighted by Gasteiger charge is 2.45. The number of nitrogens with zero attached hydrogens (tertiary/aromatic N) is 3. The summed E-state index contributed by atoms with van der Waals surface area (Å²) in [4.78, 5) is 172. The number of benzene rings is 5. The predicted molar refractivity (Wildman–Crippen MR) is 475 cm³/mol. The smallest absolute Gasteiger partial charge is 0.410 e. The van der Waals surface area contributed by atoms with E-state index in [0.717, 1.165) is 16.0 Å². The lowest BCUT2D eigenvalue weighted by Gasteiger charge is -2.41. The van der Waals surface area contributed by atoms with Crippen molar-refractivity contribution in [1.29, 1.82) is 0 Å². The molecule has 692 valence electrons. The third-order valence-corrected chi connectivity index (χ3v) is 26.5. The van der Waals surface area contributed by atoms with E-state index >= 15 is 0 Å². The van der Waals surface area contributed by atoms with Crippen LogP contribution >= 0.6 is 0 Å². The van der Waals surface area contributed by atoms with Crippen LogP contribution in [0.25, 0.3) is 0 Å². The first-order valence-corrected chi connectivity index (χ1v) is 46.0. The summed E-state index contributed by atoms with van der Waals surface area (Å²) in [5.74, 6) is -12.0. The molecule has 13 atom stereocenters. The molecule has 0 aromatic heterocycles. The van der Waals surface area contributed by atoms with E-state index < -0.39 is 193 Å². The van der Waals surface area contributed by atoms with Crippen molar-refractivity contribution in [2.75, 3.05) is 78.5 Å². The molecule has 6 rings (SSSR count). The summed E-state index contributed by atoms with van der Waals surface area (Å²) in [7, 11) is -1.04. The molecule has 35 heteroatoms. The maximum atomic E-state index is 14.9. The quantitative estimate of drug-likeness (QED) is 0.0135. The van der Waals surface area contributed by atoms with Crippen LogP contribution in [0, 0.1) is 49.4 Å². The molecule has 33 nitrogen and oxygen atoms in total. The molecule has 0 radical (unpaired) electrons. The number of anilines is 1. The number of aryl methyl sites for hydroxylation is 2. The van der Waals surface area contributed by atoms with Gasteiger partial charge in [0.15, 0.2) is 25.5 Å². The SMILES string of the molecule is CC[C@@H](C)C([C@@H](CC(=O)N1CCC[C@H]1[C@H](OC)[C@@H](C)C(=O)N[C@H](C)[C@@H](O)c1ccccc1)OC)N(C)C(=O)[C@@H](NC(=O)[C@@H](C(C)C)N(C)C(=O)OCc1ccc(NC(=O)[C@@H](CCCNC(N)=O)NC(=O)[C@H](NC(=O)CC[C@H](NC(=O)c2ccc(C(=O)C(CS(=O)(=O)c3ccc(C)cc3)CS(=O)(=O)c3ccc(C)cc3)cc2)C(=O)NCCOC)C(C)C)cc1)C(C)C. The molecule has 1 aliphatic heterocycles. The number of rotatable bonds is 49. The standard InChI is InChI=1S/C91H130N12O21S2/c1-18-59(10)79(73(122-16)50-75(105)103-48-23-27-72(103)82(123-17)60(11)83(108)95-61(12)80(106)63-24-20-19-21-25-63)101(13)89(114)77(55(4)5)100-88(113)78(56(6)7)102(14)91(116)124-51-62-32-38-67(39-33-62)96-86(111)70(26-22-46-94-90(92)115)98-87(112)76(54(2)3)99-74(104)45-44-71(85(110)93-47-49-121-15)97-84(109)65-36-34-64(35-37-65)81(107)66(52-125(117,118)68-40-28-57(8)29-41-68)53-126(119,120)69-42-30-58(9)31-43-69/h19-21,24-25,28-43,54-56,59-61,66,70-73,76-80,82,106H,18,22-23,26-27,44-53H2,1-17H3,(H,93,110)(H,95,108)(H,96,111)(H,97,109)(H,98,112)(H,99,104)(H,100,113)(H3,92,94,115)/t59-,60-,61-,70-,71+,72+,73-,76-,77+,78-,79?,80-,82-/m1/s1. The fourth-order valence-corrected chi connectivity index (χ4v) is 18.5. The van der Waals surface area contributed by atoms with Crippen molar-refractivity contribution in [2.24, 2.45) is 41.2 Å². The third kappa shape index (κ3) is 30.2. The summed E-state index contributed by atoms with van der Waals surface area (Å²) >= 11 is 0. The van der Waals surface area contributed by atoms with Crippen molar-refractivity contribution in [2.45, 2.75) is 217 Å². The molecule has 126 heavy (non-hydrogen) atoms. The Kier molecular flexibility index (Phi) is 40.8. The molecule has 0 aliphatic carbocycles. The zero-order chi connectivity index (χ0) is 93.6. The van der Waals surface area contributed by atoms with Gasteiger partial charge in [0.25, 0.3) is 5.91 Å². The van der Waals surface area contributed by atoms with Crippen LogP contribution in [0.3, 0.4) is 0 Å². The Hall–Kier alpha value is -10.7. The summed E-state index contributed by atoms with van der Waals surface area (Å²) in [5, 5.41) is 32.7. The first kappa shape index (κ1) is 104. The minimum absolute atomic E-state index is 0.00974.